The molecule has 8 nitrogen and oxygen atoms in total. The fraction of sp³-hybridized carbons (Fsp3) is 0.0556. The van der Waals surface area contributed by atoms with Crippen LogP contribution in [0.15, 0.2) is 41.3 Å². The zero-order valence-electron chi connectivity index (χ0n) is 14.3. The number of carbonyl (C=O) groups is 1. The van der Waals surface area contributed by atoms with Crippen LogP contribution in [-0.4, -0.2) is 27.8 Å². The Morgan fingerprint density at radius 1 is 1.41 bits per heavy atom. The number of pyridine rings is 1. The van der Waals surface area contributed by atoms with Gasteiger partial charge in [-0.2, -0.15) is 0 Å². The molecule has 0 aliphatic heterocycles. The summed E-state index contributed by atoms with van der Waals surface area (Å²) in [5.74, 6) is -0.121. The average molecular weight is 380 g/mol. The van der Waals surface area contributed by atoms with Crippen LogP contribution in [-0.2, 0) is 0 Å². The molecule has 1 amide bonds. The molecule has 0 unspecified atom stereocenters. The predicted molar refractivity (Wildman–Crippen MR) is 105 cm³/mol. The molecule has 0 bridgehead atoms. The topological polar surface area (TPSA) is 145 Å². The summed E-state index contributed by atoms with van der Waals surface area (Å²) >= 11 is 5.15. The van der Waals surface area contributed by atoms with Crippen LogP contribution in [0, 0.1) is 22.4 Å². The van der Waals surface area contributed by atoms with E-state index < -0.39 is 5.91 Å². The van der Waals surface area contributed by atoms with Crippen molar-refractivity contribution in [2.45, 2.75) is 6.92 Å². The van der Waals surface area contributed by atoms with Gasteiger partial charge in [-0.3, -0.25) is 10.2 Å². The Balaban J connectivity index is 1.90. The fourth-order valence-corrected chi connectivity index (χ4v) is 2.73. The molecule has 1 aromatic carbocycles. The number of nitrogens with two attached hydrogens (primary N) is 1. The van der Waals surface area contributed by atoms with E-state index in [9.17, 15) is 4.79 Å². The van der Waals surface area contributed by atoms with Crippen molar-refractivity contribution in [1.82, 2.24) is 9.97 Å². The number of nitrogens with one attached hydrogen (secondary N) is 4. The number of carbonyl (C=O) groups excluding carboxylic acids is 1. The SMILES string of the molecule is Cc1cc(C=N)c(=S)[nH]c1C(=O)Nc1ccc(N)c(C(=N)c2cnco2)c1. The molecule has 0 saturated heterocycles. The molecule has 9 heteroatoms. The molecule has 0 aliphatic rings. The number of hydrogen-bond acceptors (Lipinski definition) is 7. The number of benzene rings is 1. The number of oxazole rings is 1. The number of aromatic nitrogens is 2. The maximum Gasteiger partial charge on any atom is 0.272 e. The van der Waals surface area contributed by atoms with Gasteiger partial charge in [-0.15, -0.1) is 0 Å². The van der Waals surface area contributed by atoms with Crippen molar-refractivity contribution in [3.05, 3.63) is 69.6 Å². The maximum atomic E-state index is 12.6. The van der Waals surface area contributed by atoms with Crippen molar-refractivity contribution in [2.75, 3.05) is 11.1 Å². The van der Waals surface area contributed by atoms with Gasteiger partial charge < -0.3 is 25.9 Å². The second kappa shape index (κ2) is 7.34. The minimum atomic E-state index is -0.392. The van der Waals surface area contributed by atoms with E-state index in [1.54, 1.807) is 31.2 Å². The zero-order valence-corrected chi connectivity index (χ0v) is 15.1. The van der Waals surface area contributed by atoms with Gasteiger partial charge in [0.15, 0.2) is 12.2 Å². The summed E-state index contributed by atoms with van der Waals surface area (Å²) in [5.41, 5.74) is 8.76. The van der Waals surface area contributed by atoms with Crippen LogP contribution in [0.2, 0.25) is 0 Å². The fourth-order valence-electron chi connectivity index (χ4n) is 2.51. The Labute approximate surface area is 159 Å². The van der Waals surface area contributed by atoms with Crippen LogP contribution in [0.1, 0.15) is 32.9 Å². The summed E-state index contributed by atoms with van der Waals surface area (Å²) < 4.78 is 5.44. The van der Waals surface area contributed by atoms with E-state index in [0.29, 0.717) is 38.4 Å². The molecule has 0 fully saturated rings. The van der Waals surface area contributed by atoms with Crippen LogP contribution in [0.3, 0.4) is 0 Å². The number of nitrogen functional groups attached to an aromatic ring is 1. The number of H-pyrrole nitrogens is 1. The summed E-state index contributed by atoms with van der Waals surface area (Å²) in [5, 5.41) is 18.3. The van der Waals surface area contributed by atoms with Gasteiger partial charge in [0.2, 0.25) is 0 Å². The Bertz CT molecular complexity index is 1100. The summed E-state index contributed by atoms with van der Waals surface area (Å²) in [6, 6.07) is 6.51. The number of nitrogens with zero attached hydrogens (tertiary/aromatic N) is 1. The Morgan fingerprint density at radius 3 is 2.85 bits per heavy atom. The Morgan fingerprint density at radius 2 is 2.19 bits per heavy atom. The van der Waals surface area contributed by atoms with Crippen LogP contribution >= 0.6 is 12.2 Å². The molecule has 0 saturated carbocycles. The molecular weight excluding hydrogens is 364 g/mol. The summed E-state index contributed by atoms with van der Waals surface area (Å²) in [6.07, 6.45) is 3.78. The summed E-state index contributed by atoms with van der Waals surface area (Å²) in [6.45, 7) is 1.75. The minimum Gasteiger partial charge on any atom is -0.442 e. The van der Waals surface area contributed by atoms with Crippen LogP contribution in [0.25, 0.3) is 0 Å². The maximum absolute atomic E-state index is 12.6. The van der Waals surface area contributed by atoms with Gasteiger partial charge in [0.1, 0.15) is 16.0 Å². The molecule has 27 heavy (non-hydrogen) atoms. The number of aromatic amines is 1. The average Bonchev–Trinajstić information content (AvgIpc) is 3.18. The lowest BCUT2D eigenvalue weighted by atomic mass is 10.1. The molecule has 0 radical (unpaired) electrons. The van der Waals surface area contributed by atoms with Crippen molar-refractivity contribution in [1.29, 1.82) is 10.8 Å². The predicted octanol–water partition coefficient (Wildman–Crippen LogP) is 3.29. The van der Waals surface area contributed by atoms with Gasteiger partial charge in [-0.1, -0.05) is 12.2 Å². The highest BCUT2D eigenvalue weighted by atomic mass is 32.1. The first-order valence-electron chi connectivity index (χ1n) is 7.83. The van der Waals surface area contributed by atoms with Gasteiger partial charge in [0.25, 0.3) is 5.91 Å². The second-order valence-corrected chi connectivity index (χ2v) is 6.16. The highest BCUT2D eigenvalue weighted by molar-refractivity contribution is 7.71. The van der Waals surface area contributed by atoms with Crippen molar-refractivity contribution in [2.24, 2.45) is 0 Å². The van der Waals surface area contributed by atoms with Gasteiger partial charge in [-0.25, -0.2) is 4.98 Å². The van der Waals surface area contributed by atoms with E-state index in [2.05, 4.69) is 15.3 Å². The molecular formula is C18H16N6O2S. The number of hydrogen-bond donors (Lipinski definition) is 5. The molecule has 136 valence electrons. The lowest BCUT2D eigenvalue weighted by Crippen LogP contribution is -2.16. The quantitative estimate of drug-likeness (QED) is 0.262. The van der Waals surface area contributed by atoms with Gasteiger partial charge in [0.05, 0.1) is 6.20 Å². The van der Waals surface area contributed by atoms with E-state index in [1.165, 1.54) is 12.6 Å². The number of aryl methyl sites for hydroxylation is 1. The zero-order chi connectivity index (χ0) is 19.6. The molecule has 2 aromatic heterocycles. The largest absolute Gasteiger partial charge is 0.442 e. The van der Waals surface area contributed by atoms with Crippen LogP contribution < -0.4 is 11.1 Å². The molecule has 3 rings (SSSR count). The minimum absolute atomic E-state index is 0.0621. The van der Waals surface area contributed by atoms with Gasteiger partial charge in [-0.05, 0) is 36.8 Å². The highest BCUT2D eigenvalue weighted by Crippen LogP contribution is 2.22. The van der Waals surface area contributed by atoms with E-state index in [-0.39, 0.29) is 11.5 Å². The number of amides is 1. The summed E-state index contributed by atoms with van der Waals surface area (Å²) in [4.78, 5) is 19.3. The van der Waals surface area contributed by atoms with Gasteiger partial charge >= 0.3 is 0 Å². The van der Waals surface area contributed by atoms with Crippen LogP contribution in [0.4, 0.5) is 11.4 Å². The smallest absolute Gasteiger partial charge is 0.272 e. The monoisotopic (exact) mass is 380 g/mol. The van der Waals surface area contributed by atoms with E-state index >= 15 is 0 Å². The molecule has 3 aromatic rings. The van der Waals surface area contributed by atoms with Crippen molar-refractivity contribution >= 4 is 41.4 Å². The van der Waals surface area contributed by atoms with Crippen molar-refractivity contribution < 1.29 is 9.21 Å². The first-order chi connectivity index (χ1) is 12.9. The summed E-state index contributed by atoms with van der Waals surface area (Å²) in [7, 11) is 0. The number of rotatable bonds is 5. The first kappa shape index (κ1) is 18.2. The Kier molecular flexibility index (Phi) is 4.95. The standard InChI is InChI=1S/C18H16N6O2S/c1-9-4-10(6-19)18(27)24-16(9)17(25)23-11-2-3-13(20)12(5-11)15(21)14-7-22-8-26-14/h2-8,19,21H,20H2,1H3,(H,23,25)(H,24,27). The molecule has 0 atom stereocenters. The molecule has 0 spiro atoms. The number of anilines is 2. The van der Waals surface area contributed by atoms with E-state index in [4.69, 9.17) is 33.2 Å². The van der Waals surface area contributed by atoms with E-state index in [0.717, 1.165) is 6.21 Å². The third-order valence-electron chi connectivity index (χ3n) is 3.91. The lowest BCUT2D eigenvalue weighted by Gasteiger charge is -2.11. The highest BCUT2D eigenvalue weighted by Gasteiger charge is 2.15. The molecule has 2 heterocycles. The third kappa shape index (κ3) is 3.67. The van der Waals surface area contributed by atoms with Crippen molar-refractivity contribution in [3.63, 3.8) is 0 Å². The third-order valence-corrected chi connectivity index (χ3v) is 4.25. The second-order valence-electron chi connectivity index (χ2n) is 5.75. The van der Waals surface area contributed by atoms with E-state index in [1.807, 2.05) is 0 Å². The molecule has 6 N–H and O–H groups in total. The van der Waals surface area contributed by atoms with Crippen molar-refractivity contribution in [3.8, 4) is 0 Å². The lowest BCUT2D eigenvalue weighted by molar-refractivity contribution is 0.102. The van der Waals surface area contributed by atoms with Crippen LogP contribution in [0.5, 0.6) is 0 Å². The normalized spacial score (nSPS) is 10.4. The van der Waals surface area contributed by atoms with Gasteiger partial charge in [0, 0.05) is 28.7 Å². The first-order valence-corrected chi connectivity index (χ1v) is 8.24. The Hall–Kier alpha value is -3.59. The molecule has 0 aliphatic carbocycles.